The molecule has 0 unspecified atom stereocenters. The average Bonchev–Trinajstić information content (AvgIpc) is 2.41. The monoisotopic (exact) mass is 279 g/mol. The number of thioether (sulfide) groups is 1. The van der Waals surface area contributed by atoms with Gasteiger partial charge in [0.05, 0.1) is 5.75 Å². The third-order valence-corrected chi connectivity index (χ3v) is 4.15. The molecule has 0 aromatic heterocycles. The lowest BCUT2D eigenvalue weighted by Gasteiger charge is -2.22. The van der Waals surface area contributed by atoms with E-state index in [9.17, 15) is 9.59 Å². The van der Waals surface area contributed by atoms with Crippen molar-refractivity contribution in [2.75, 3.05) is 5.75 Å². The van der Waals surface area contributed by atoms with Gasteiger partial charge in [-0.3, -0.25) is 4.79 Å². The van der Waals surface area contributed by atoms with Gasteiger partial charge in [-0.05, 0) is 12.8 Å². The molecule has 1 saturated carbocycles. The fraction of sp³-hybridized carbons (Fsp3) is 0.538. The van der Waals surface area contributed by atoms with Crippen molar-refractivity contribution in [1.82, 2.24) is 5.32 Å². The number of aliphatic imine (C=N–C) groups is 2. The number of carbonyl (C=O) groups is 2. The Labute approximate surface area is 116 Å². The summed E-state index contributed by atoms with van der Waals surface area (Å²) in [6.45, 7) is 3.74. The van der Waals surface area contributed by atoms with Crippen LogP contribution in [0.1, 0.15) is 32.1 Å². The molecule has 3 amide bonds. The van der Waals surface area contributed by atoms with E-state index < -0.39 is 6.03 Å². The van der Waals surface area contributed by atoms with Gasteiger partial charge in [0.2, 0.25) is 5.91 Å². The number of nitrogens with zero attached hydrogens (tertiary/aromatic N) is 2. The molecule has 19 heavy (non-hydrogen) atoms. The summed E-state index contributed by atoms with van der Waals surface area (Å²) in [5.74, 6) is 0.248. The normalized spacial score (nSPS) is 20.3. The summed E-state index contributed by atoms with van der Waals surface area (Å²) < 4.78 is 0. The number of hydrogen-bond acceptors (Lipinski definition) is 3. The van der Waals surface area contributed by atoms with Gasteiger partial charge in [0, 0.05) is 17.8 Å². The van der Waals surface area contributed by atoms with Crippen molar-refractivity contribution in [3.63, 3.8) is 0 Å². The minimum Gasteiger partial charge on any atom is -0.353 e. The Morgan fingerprint density at radius 1 is 1.42 bits per heavy atom. The second-order valence-electron chi connectivity index (χ2n) is 4.67. The van der Waals surface area contributed by atoms with Crippen LogP contribution in [0.15, 0.2) is 22.1 Å². The molecule has 2 rings (SSSR count). The molecule has 102 valence electrons. The first-order valence-electron chi connectivity index (χ1n) is 6.43. The smallest absolute Gasteiger partial charge is 0.353 e. The molecular weight excluding hydrogens is 262 g/mol. The van der Waals surface area contributed by atoms with Crippen LogP contribution < -0.4 is 5.32 Å². The lowest BCUT2D eigenvalue weighted by Crippen LogP contribution is -2.37. The zero-order chi connectivity index (χ0) is 13.7. The van der Waals surface area contributed by atoms with E-state index in [-0.39, 0.29) is 11.7 Å². The number of urea groups is 1. The van der Waals surface area contributed by atoms with Gasteiger partial charge in [-0.25, -0.2) is 4.79 Å². The summed E-state index contributed by atoms with van der Waals surface area (Å²) in [4.78, 5) is 30.1. The summed E-state index contributed by atoms with van der Waals surface area (Å²) in [6, 6.07) is -0.232. The van der Waals surface area contributed by atoms with Gasteiger partial charge < -0.3 is 5.32 Å². The van der Waals surface area contributed by atoms with E-state index in [1.54, 1.807) is 0 Å². The highest BCUT2D eigenvalue weighted by Gasteiger charge is 2.17. The Bertz CT molecular complexity index is 451. The van der Waals surface area contributed by atoms with E-state index in [1.165, 1.54) is 37.2 Å². The van der Waals surface area contributed by atoms with Crippen LogP contribution in [0.3, 0.4) is 0 Å². The highest BCUT2D eigenvalue weighted by Crippen LogP contribution is 2.18. The second kappa shape index (κ2) is 6.65. The van der Waals surface area contributed by atoms with E-state index in [2.05, 4.69) is 21.9 Å². The highest BCUT2D eigenvalue weighted by molar-refractivity contribution is 8.15. The SMILES string of the molecule is C=C1C=NC(=O)N=C1SCC(=O)NC1CCCCC1. The van der Waals surface area contributed by atoms with Crippen LogP contribution >= 0.6 is 11.8 Å². The van der Waals surface area contributed by atoms with Crippen LogP contribution in [-0.2, 0) is 4.79 Å². The first kappa shape index (κ1) is 14.0. The summed E-state index contributed by atoms with van der Waals surface area (Å²) in [7, 11) is 0. The number of rotatable bonds is 3. The Morgan fingerprint density at radius 2 is 2.16 bits per heavy atom. The van der Waals surface area contributed by atoms with Gasteiger partial charge in [0.15, 0.2) is 0 Å². The maximum Gasteiger partial charge on any atom is 0.368 e. The number of hydrogen-bond donors (Lipinski definition) is 1. The molecule has 0 atom stereocenters. The zero-order valence-corrected chi connectivity index (χ0v) is 11.5. The molecule has 1 fully saturated rings. The average molecular weight is 279 g/mol. The van der Waals surface area contributed by atoms with E-state index in [0.717, 1.165) is 12.8 Å². The highest BCUT2D eigenvalue weighted by atomic mass is 32.2. The second-order valence-corrected chi connectivity index (χ2v) is 5.64. The minimum atomic E-state index is -0.539. The van der Waals surface area contributed by atoms with Gasteiger partial charge in [-0.1, -0.05) is 37.6 Å². The molecule has 2 aliphatic rings. The van der Waals surface area contributed by atoms with Gasteiger partial charge in [0.1, 0.15) is 5.04 Å². The molecule has 0 spiro atoms. The van der Waals surface area contributed by atoms with Crippen LogP contribution in [-0.4, -0.2) is 35.0 Å². The van der Waals surface area contributed by atoms with Crippen LogP contribution in [0.4, 0.5) is 4.79 Å². The first-order chi connectivity index (χ1) is 9.15. The van der Waals surface area contributed by atoms with Crippen molar-refractivity contribution < 1.29 is 9.59 Å². The zero-order valence-electron chi connectivity index (χ0n) is 10.7. The van der Waals surface area contributed by atoms with Crippen molar-refractivity contribution in [3.8, 4) is 0 Å². The molecule has 1 aliphatic heterocycles. The van der Waals surface area contributed by atoms with Gasteiger partial charge in [-0.2, -0.15) is 9.98 Å². The Balaban J connectivity index is 1.77. The fourth-order valence-corrected chi connectivity index (χ4v) is 2.88. The lowest BCUT2D eigenvalue weighted by atomic mass is 9.95. The molecule has 0 aromatic rings. The number of amides is 3. The van der Waals surface area contributed by atoms with Gasteiger partial charge >= 0.3 is 6.03 Å². The van der Waals surface area contributed by atoms with Crippen molar-refractivity contribution in [1.29, 1.82) is 0 Å². The molecule has 1 heterocycles. The molecule has 1 aliphatic carbocycles. The molecule has 0 bridgehead atoms. The molecule has 0 aromatic carbocycles. The van der Waals surface area contributed by atoms with Crippen molar-refractivity contribution in [2.45, 2.75) is 38.1 Å². The van der Waals surface area contributed by atoms with E-state index in [1.807, 2.05) is 0 Å². The molecular formula is C13H17N3O2S. The van der Waals surface area contributed by atoms with Crippen LogP contribution in [0.2, 0.25) is 0 Å². The maximum absolute atomic E-state index is 11.8. The number of carbonyl (C=O) groups excluding carboxylic acids is 2. The Morgan fingerprint density at radius 3 is 2.89 bits per heavy atom. The summed E-state index contributed by atoms with van der Waals surface area (Å²) in [5.41, 5.74) is 0.579. The maximum atomic E-state index is 11.8. The minimum absolute atomic E-state index is 0.0117. The topological polar surface area (TPSA) is 70.9 Å². The first-order valence-corrected chi connectivity index (χ1v) is 7.42. The lowest BCUT2D eigenvalue weighted by molar-refractivity contribution is -0.119. The van der Waals surface area contributed by atoms with Gasteiger partial charge in [-0.15, -0.1) is 0 Å². The van der Waals surface area contributed by atoms with Crippen LogP contribution in [0.25, 0.3) is 0 Å². The van der Waals surface area contributed by atoms with Crippen LogP contribution in [0, 0.1) is 0 Å². The summed E-state index contributed by atoms with van der Waals surface area (Å²) in [6.07, 6.45) is 7.15. The summed E-state index contributed by atoms with van der Waals surface area (Å²) in [5, 5.41) is 3.51. The van der Waals surface area contributed by atoms with Crippen LogP contribution in [0.5, 0.6) is 0 Å². The Kier molecular flexibility index (Phi) is 4.90. The predicted octanol–water partition coefficient (Wildman–Crippen LogP) is 2.33. The Hall–Kier alpha value is -1.43. The van der Waals surface area contributed by atoms with Crippen molar-refractivity contribution in [3.05, 3.63) is 12.2 Å². The molecule has 6 heteroatoms. The molecule has 0 radical (unpaired) electrons. The van der Waals surface area contributed by atoms with E-state index in [0.29, 0.717) is 16.7 Å². The third-order valence-electron chi connectivity index (χ3n) is 3.11. The predicted molar refractivity (Wildman–Crippen MR) is 77.9 cm³/mol. The third kappa shape index (κ3) is 4.31. The van der Waals surface area contributed by atoms with E-state index >= 15 is 0 Å². The largest absolute Gasteiger partial charge is 0.368 e. The van der Waals surface area contributed by atoms with Crippen molar-refractivity contribution >= 4 is 35.0 Å². The number of nitrogens with one attached hydrogen (secondary N) is 1. The fourth-order valence-electron chi connectivity index (χ4n) is 2.15. The molecule has 1 N–H and O–H groups in total. The standard InChI is InChI=1S/C13H17N3O2S/c1-9-7-14-13(18)16-12(9)19-8-11(17)15-10-5-3-2-4-6-10/h7,10H,1-6,8H2,(H,15,17). The van der Waals surface area contributed by atoms with Crippen molar-refractivity contribution in [2.24, 2.45) is 9.98 Å². The van der Waals surface area contributed by atoms with Gasteiger partial charge in [0.25, 0.3) is 0 Å². The van der Waals surface area contributed by atoms with E-state index in [4.69, 9.17) is 0 Å². The summed E-state index contributed by atoms with van der Waals surface area (Å²) >= 11 is 1.23. The quantitative estimate of drug-likeness (QED) is 0.862. The molecule has 0 saturated heterocycles. The molecule has 5 nitrogen and oxygen atoms in total.